The molecule has 2 rings (SSSR count). The van der Waals surface area contributed by atoms with Crippen LogP contribution in [-0.2, 0) is 13.1 Å². The quantitative estimate of drug-likeness (QED) is 0.442. The second-order valence-electron chi connectivity index (χ2n) is 5.47. The van der Waals surface area contributed by atoms with E-state index >= 15 is 0 Å². The standard InChI is InChI=1S/C18H22N2O.2ClH.Fe/c1-11-9-12(2)18(13(3)10-11)20-15(5)17-8-7-16(21-17)14(4)19-6;;;/h7-10H,1-6H3;2*1H;/q;;;+2/p-2. The Balaban J connectivity index is 0.000000891. The van der Waals surface area contributed by atoms with Crippen LogP contribution in [0, 0.1) is 20.8 Å². The van der Waals surface area contributed by atoms with Crippen molar-refractivity contribution in [2.24, 2.45) is 9.98 Å². The molecular formula is C18H22Cl2FeN2O. The number of rotatable bonds is 3. The van der Waals surface area contributed by atoms with E-state index in [0.29, 0.717) is 0 Å². The van der Waals surface area contributed by atoms with Crippen molar-refractivity contribution >= 4 is 37.3 Å². The fourth-order valence-corrected chi connectivity index (χ4v) is 2.41. The molecule has 0 saturated heterocycles. The molecule has 0 amide bonds. The Bertz CT molecular complexity index is 728. The van der Waals surface area contributed by atoms with Crippen LogP contribution < -0.4 is 0 Å². The molecule has 0 atom stereocenters. The molecular weight excluding hydrogens is 387 g/mol. The van der Waals surface area contributed by atoms with Gasteiger partial charge >= 0.3 is 33.3 Å². The molecule has 3 nitrogen and oxygen atoms in total. The Labute approximate surface area is 158 Å². The normalized spacial score (nSPS) is 12.2. The molecule has 2 aromatic rings. The minimum absolute atomic E-state index is 0.194. The second kappa shape index (κ2) is 10.0. The Morgan fingerprint density at radius 3 is 1.88 bits per heavy atom. The van der Waals surface area contributed by atoms with E-state index in [1.807, 2.05) is 26.0 Å². The molecule has 0 aliphatic heterocycles. The number of benzene rings is 1. The van der Waals surface area contributed by atoms with Crippen LogP contribution in [0.25, 0.3) is 0 Å². The SMILES string of the molecule is CN=C(C)c1ccc(C(C)=Nc2c(C)cc(C)cc2C)o1.[Cl][Fe][Cl]. The van der Waals surface area contributed by atoms with Crippen LogP contribution in [0.15, 0.2) is 38.7 Å². The van der Waals surface area contributed by atoms with Crippen LogP contribution in [0.3, 0.4) is 0 Å². The van der Waals surface area contributed by atoms with E-state index in [4.69, 9.17) is 29.6 Å². The van der Waals surface area contributed by atoms with Gasteiger partial charge in [0.25, 0.3) is 0 Å². The van der Waals surface area contributed by atoms with Gasteiger partial charge in [0.15, 0.2) is 0 Å². The molecule has 132 valence electrons. The molecule has 0 aliphatic rings. The summed E-state index contributed by atoms with van der Waals surface area (Å²) in [5.41, 5.74) is 6.42. The van der Waals surface area contributed by atoms with Gasteiger partial charge in [-0.25, -0.2) is 4.99 Å². The van der Waals surface area contributed by atoms with Gasteiger partial charge < -0.3 is 4.42 Å². The molecule has 1 heterocycles. The van der Waals surface area contributed by atoms with E-state index in [9.17, 15) is 0 Å². The number of aryl methyl sites for hydroxylation is 3. The molecule has 0 spiro atoms. The van der Waals surface area contributed by atoms with Gasteiger partial charge in [0.1, 0.15) is 11.5 Å². The summed E-state index contributed by atoms with van der Waals surface area (Å²) in [6, 6.07) is 8.19. The van der Waals surface area contributed by atoms with Gasteiger partial charge in [-0.05, 0) is 57.9 Å². The monoisotopic (exact) mass is 408 g/mol. The third-order valence-electron chi connectivity index (χ3n) is 3.57. The average Bonchev–Trinajstić information content (AvgIpc) is 3.00. The van der Waals surface area contributed by atoms with Gasteiger partial charge in [0.2, 0.25) is 0 Å². The summed E-state index contributed by atoms with van der Waals surface area (Å²) >= 11 is 0.194. The van der Waals surface area contributed by atoms with E-state index in [-0.39, 0.29) is 13.1 Å². The van der Waals surface area contributed by atoms with Crippen LogP contribution >= 0.6 is 20.2 Å². The van der Waals surface area contributed by atoms with Crippen molar-refractivity contribution in [1.82, 2.24) is 0 Å². The van der Waals surface area contributed by atoms with Crippen molar-refractivity contribution in [2.75, 3.05) is 7.05 Å². The van der Waals surface area contributed by atoms with Crippen molar-refractivity contribution in [2.45, 2.75) is 34.6 Å². The molecule has 0 radical (unpaired) electrons. The minimum atomic E-state index is 0.194. The molecule has 0 fully saturated rings. The molecule has 1 aromatic carbocycles. The molecule has 0 aliphatic carbocycles. The predicted molar refractivity (Wildman–Crippen MR) is 101 cm³/mol. The number of nitrogens with zero attached hydrogens (tertiary/aromatic N) is 2. The molecule has 6 heteroatoms. The van der Waals surface area contributed by atoms with Gasteiger partial charge in [0, 0.05) is 7.05 Å². The van der Waals surface area contributed by atoms with E-state index in [2.05, 4.69) is 37.9 Å². The van der Waals surface area contributed by atoms with Gasteiger partial charge in [-0.2, -0.15) is 0 Å². The summed E-state index contributed by atoms with van der Waals surface area (Å²) in [6.45, 7) is 10.2. The summed E-state index contributed by atoms with van der Waals surface area (Å²) < 4.78 is 5.81. The third kappa shape index (κ3) is 5.78. The predicted octanol–water partition coefficient (Wildman–Crippen LogP) is 6.16. The topological polar surface area (TPSA) is 37.9 Å². The third-order valence-corrected chi connectivity index (χ3v) is 3.57. The van der Waals surface area contributed by atoms with E-state index in [0.717, 1.165) is 28.6 Å². The van der Waals surface area contributed by atoms with Crippen molar-refractivity contribution in [1.29, 1.82) is 0 Å². The number of hydrogen-bond donors (Lipinski definition) is 0. The zero-order chi connectivity index (χ0) is 18.3. The van der Waals surface area contributed by atoms with Crippen LogP contribution in [0.4, 0.5) is 5.69 Å². The molecule has 0 N–H and O–H groups in total. The Kier molecular flexibility index (Phi) is 8.79. The van der Waals surface area contributed by atoms with E-state index in [1.165, 1.54) is 16.7 Å². The van der Waals surface area contributed by atoms with Crippen LogP contribution in [0.1, 0.15) is 42.1 Å². The summed E-state index contributed by atoms with van der Waals surface area (Å²) in [5, 5.41) is 0. The average molecular weight is 409 g/mol. The summed E-state index contributed by atoms with van der Waals surface area (Å²) in [5.74, 6) is 1.58. The number of furan rings is 1. The maximum absolute atomic E-state index is 5.81. The Morgan fingerprint density at radius 2 is 1.42 bits per heavy atom. The van der Waals surface area contributed by atoms with Gasteiger partial charge in [-0.1, -0.05) is 17.7 Å². The molecule has 1 aromatic heterocycles. The van der Waals surface area contributed by atoms with Crippen LogP contribution in [-0.4, -0.2) is 18.5 Å². The number of halogens is 2. The molecule has 24 heavy (non-hydrogen) atoms. The van der Waals surface area contributed by atoms with Crippen molar-refractivity contribution in [3.8, 4) is 0 Å². The van der Waals surface area contributed by atoms with Gasteiger partial charge in [-0.15, -0.1) is 0 Å². The fraction of sp³-hybridized carbons (Fsp3) is 0.333. The van der Waals surface area contributed by atoms with Gasteiger partial charge in [0.05, 0.1) is 17.1 Å². The first-order valence-corrected chi connectivity index (χ1v) is 10.4. The van der Waals surface area contributed by atoms with Crippen molar-refractivity contribution in [3.63, 3.8) is 0 Å². The fourth-order valence-electron chi connectivity index (χ4n) is 2.41. The molecule has 0 saturated carbocycles. The zero-order valence-electron chi connectivity index (χ0n) is 14.7. The first-order valence-electron chi connectivity index (χ1n) is 7.36. The number of aliphatic imine (C=N–C) groups is 2. The summed E-state index contributed by atoms with van der Waals surface area (Å²) in [6.07, 6.45) is 0. The summed E-state index contributed by atoms with van der Waals surface area (Å²) in [7, 11) is 11.3. The molecule has 0 bridgehead atoms. The van der Waals surface area contributed by atoms with E-state index in [1.54, 1.807) is 7.05 Å². The summed E-state index contributed by atoms with van der Waals surface area (Å²) in [4.78, 5) is 8.89. The first kappa shape index (κ1) is 21.0. The maximum atomic E-state index is 5.81. The second-order valence-corrected chi connectivity index (χ2v) is 7.29. The van der Waals surface area contributed by atoms with E-state index < -0.39 is 0 Å². The van der Waals surface area contributed by atoms with Crippen molar-refractivity contribution < 1.29 is 17.6 Å². The Morgan fingerprint density at radius 1 is 0.958 bits per heavy atom. The molecule has 0 unspecified atom stereocenters. The first-order chi connectivity index (χ1) is 11.3. The van der Waals surface area contributed by atoms with Crippen LogP contribution in [0.2, 0.25) is 0 Å². The number of hydrogen-bond acceptors (Lipinski definition) is 3. The van der Waals surface area contributed by atoms with Gasteiger partial charge in [-0.3, -0.25) is 4.99 Å². The van der Waals surface area contributed by atoms with Crippen molar-refractivity contribution in [3.05, 3.63) is 52.5 Å². The Hall–Kier alpha value is -1.06. The van der Waals surface area contributed by atoms with Crippen LogP contribution in [0.5, 0.6) is 0 Å². The zero-order valence-corrected chi connectivity index (χ0v) is 17.3.